The number of benzene rings is 2. The Morgan fingerprint density at radius 2 is 1.92 bits per heavy atom. The average molecular weight is 549 g/mol. The largest absolute Gasteiger partial charge is 0.507 e. The van der Waals surface area contributed by atoms with Crippen LogP contribution in [0.1, 0.15) is 43.9 Å². The number of carbonyl (C=O) groups is 1. The van der Waals surface area contributed by atoms with Crippen LogP contribution in [-0.4, -0.2) is 54.8 Å². The number of halogens is 2. The van der Waals surface area contributed by atoms with Crippen LogP contribution < -0.4 is 0 Å². The highest BCUT2D eigenvalue weighted by Crippen LogP contribution is 2.53. The van der Waals surface area contributed by atoms with Crippen molar-refractivity contribution >= 4 is 17.2 Å². The summed E-state index contributed by atoms with van der Waals surface area (Å²) in [7, 11) is 0. The summed E-state index contributed by atoms with van der Waals surface area (Å²) in [6, 6.07) is 9.74. The molecule has 0 saturated carbocycles. The number of thiazole rings is 1. The van der Waals surface area contributed by atoms with Gasteiger partial charge in [0, 0.05) is 18.3 Å². The van der Waals surface area contributed by atoms with E-state index in [1.54, 1.807) is 27.7 Å². The fraction of sp³-hybridized carbons (Fsp3) is 0.310. The SMILES string of the molecule is CC1(C)CCN2C(=O)C3=C(O)C(O)C=CN3N(C3c4ccccc4-c4scnc4-c4c3ccc(F)c4F)C2C1. The van der Waals surface area contributed by atoms with E-state index in [1.165, 1.54) is 17.4 Å². The van der Waals surface area contributed by atoms with Gasteiger partial charge in [-0.1, -0.05) is 44.2 Å². The molecule has 1 aliphatic carbocycles. The molecule has 2 aromatic carbocycles. The van der Waals surface area contributed by atoms with Crippen LogP contribution in [0, 0.1) is 17.0 Å². The van der Waals surface area contributed by atoms with Crippen molar-refractivity contribution in [3.05, 3.63) is 88.4 Å². The second-order valence-corrected chi connectivity index (χ2v) is 12.0. The monoisotopic (exact) mass is 548 g/mol. The number of aromatic nitrogens is 1. The normalized spacial score (nSPS) is 25.5. The van der Waals surface area contributed by atoms with Gasteiger partial charge in [-0.2, -0.15) is 5.01 Å². The summed E-state index contributed by atoms with van der Waals surface area (Å²) in [5.74, 6) is -2.76. The van der Waals surface area contributed by atoms with Gasteiger partial charge in [-0.3, -0.25) is 9.80 Å². The number of nitrogens with zero attached hydrogens (tertiary/aromatic N) is 4. The molecule has 2 fully saturated rings. The van der Waals surface area contributed by atoms with Crippen molar-refractivity contribution in [2.75, 3.05) is 6.54 Å². The predicted molar refractivity (Wildman–Crippen MR) is 142 cm³/mol. The zero-order valence-corrected chi connectivity index (χ0v) is 22.1. The number of carbonyl (C=O) groups excluding carboxylic acids is 1. The van der Waals surface area contributed by atoms with E-state index in [0.717, 1.165) is 28.5 Å². The number of amides is 1. The topological polar surface area (TPSA) is 80.1 Å². The Hall–Kier alpha value is -3.60. The van der Waals surface area contributed by atoms with E-state index in [1.807, 2.05) is 29.3 Å². The number of aliphatic hydroxyl groups excluding tert-OH is 2. The lowest BCUT2D eigenvalue weighted by atomic mass is 9.79. The van der Waals surface area contributed by atoms with Gasteiger partial charge in [0.1, 0.15) is 12.3 Å². The molecule has 0 bridgehead atoms. The summed E-state index contributed by atoms with van der Waals surface area (Å²) < 4.78 is 30.5. The van der Waals surface area contributed by atoms with Crippen LogP contribution in [0.25, 0.3) is 21.7 Å². The summed E-state index contributed by atoms with van der Waals surface area (Å²) in [6.07, 6.45) is 2.58. The molecule has 7 rings (SSSR count). The zero-order valence-electron chi connectivity index (χ0n) is 21.3. The van der Waals surface area contributed by atoms with Gasteiger partial charge in [-0.05, 0) is 47.1 Å². The van der Waals surface area contributed by atoms with E-state index in [-0.39, 0.29) is 22.6 Å². The molecule has 200 valence electrons. The average Bonchev–Trinajstić information content (AvgIpc) is 3.35. The van der Waals surface area contributed by atoms with Crippen LogP contribution in [0.5, 0.6) is 0 Å². The van der Waals surface area contributed by atoms with E-state index in [4.69, 9.17) is 0 Å². The molecule has 0 spiro atoms. The second kappa shape index (κ2) is 8.45. The van der Waals surface area contributed by atoms with E-state index < -0.39 is 35.7 Å². The molecule has 3 atom stereocenters. The maximum absolute atomic E-state index is 15.7. The number of aliphatic hydroxyl groups is 2. The number of fused-ring (bicyclic) bond motifs is 7. The fourth-order valence-electron chi connectivity index (χ4n) is 6.36. The van der Waals surface area contributed by atoms with Crippen molar-refractivity contribution in [2.24, 2.45) is 5.41 Å². The molecule has 4 aliphatic rings. The number of hydrogen-bond donors (Lipinski definition) is 2. The molecule has 3 aromatic rings. The Balaban J connectivity index is 1.55. The van der Waals surface area contributed by atoms with E-state index in [9.17, 15) is 19.4 Å². The molecule has 2 saturated heterocycles. The summed E-state index contributed by atoms with van der Waals surface area (Å²) in [5.41, 5.74) is 4.12. The Morgan fingerprint density at radius 1 is 1.13 bits per heavy atom. The smallest absolute Gasteiger partial charge is 0.276 e. The van der Waals surface area contributed by atoms with Crippen LogP contribution in [0.15, 0.2) is 65.6 Å². The Bertz CT molecular complexity index is 1600. The van der Waals surface area contributed by atoms with Gasteiger partial charge in [-0.25, -0.2) is 13.8 Å². The molecule has 3 unspecified atom stereocenters. The number of rotatable bonds is 1. The summed E-state index contributed by atoms with van der Waals surface area (Å²) in [6.45, 7) is 4.75. The van der Waals surface area contributed by atoms with Crippen LogP contribution in [0.2, 0.25) is 0 Å². The Kier molecular flexibility index (Phi) is 5.29. The first-order chi connectivity index (χ1) is 18.7. The van der Waals surface area contributed by atoms with Crippen LogP contribution in [0.3, 0.4) is 0 Å². The molecule has 7 nitrogen and oxygen atoms in total. The molecule has 1 amide bonds. The minimum Gasteiger partial charge on any atom is -0.507 e. The highest BCUT2D eigenvalue weighted by Gasteiger charge is 2.52. The maximum atomic E-state index is 15.7. The first-order valence-electron chi connectivity index (χ1n) is 12.9. The maximum Gasteiger partial charge on any atom is 0.276 e. The predicted octanol–water partition coefficient (Wildman–Crippen LogP) is 5.32. The lowest BCUT2D eigenvalue weighted by Gasteiger charge is -2.57. The summed E-state index contributed by atoms with van der Waals surface area (Å²) in [5, 5.41) is 24.9. The van der Waals surface area contributed by atoms with Gasteiger partial charge in [0.05, 0.1) is 22.1 Å². The van der Waals surface area contributed by atoms with Crippen molar-refractivity contribution < 1.29 is 23.8 Å². The number of piperidine rings is 1. The lowest BCUT2D eigenvalue weighted by molar-refractivity contribution is -0.180. The third-order valence-electron chi connectivity index (χ3n) is 8.29. The Morgan fingerprint density at radius 3 is 2.74 bits per heavy atom. The third-order valence-corrected chi connectivity index (χ3v) is 9.15. The quantitative estimate of drug-likeness (QED) is 0.429. The van der Waals surface area contributed by atoms with Crippen molar-refractivity contribution in [3.63, 3.8) is 0 Å². The molecule has 39 heavy (non-hydrogen) atoms. The molecular formula is C29H26F2N4O3S. The van der Waals surface area contributed by atoms with E-state index >= 15 is 4.39 Å². The van der Waals surface area contributed by atoms with Crippen molar-refractivity contribution in [3.8, 4) is 21.7 Å². The molecular weight excluding hydrogens is 522 g/mol. The first kappa shape index (κ1) is 24.4. The summed E-state index contributed by atoms with van der Waals surface area (Å²) in [4.78, 5) is 20.7. The van der Waals surface area contributed by atoms with Gasteiger partial charge in [0.2, 0.25) is 0 Å². The molecule has 1 aromatic heterocycles. The van der Waals surface area contributed by atoms with E-state index in [0.29, 0.717) is 24.2 Å². The number of hydrogen-bond acceptors (Lipinski definition) is 7. The van der Waals surface area contributed by atoms with Crippen LogP contribution in [0.4, 0.5) is 8.78 Å². The van der Waals surface area contributed by atoms with E-state index in [2.05, 4.69) is 18.8 Å². The van der Waals surface area contributed by atoms with Gasteiger partial charge in [0.15, 0.2) is 23.1 Å². The molecule has 0 radical (unpaired) electrons. The first-order valence-corrected chi connectivity index (χ1v) is 13.7. The standard InChI is InChI=1S/C29H26F2N4O3S/c1-29(2)10-12-33-20(13-29)35(34-11-9-19(36)26(37)25(34)28(33)38)24-15-5-3-4-6-16(15)27-23(32-14-39-27)21-17(24)7-8-18(30)22(21)31/h3-9,11,14,19-20,24,36-37H,10,12-13H2,1-2H3. The highest BCUT2D eigenvalue weighted by atomic mass is 32.1. The van der Waals surface area contributed by atoms with Crippen molar-refractivity contribution in [1.29, 1.82) is 0 Å². The minimum atomic E-state index is -1.32. The number of hydrazine groups is 1. The van der Waals surface area contributed by atoms with Gasteiger partial charge >= 0.3 is 0 Å². The second-order valence-electron chi connectivity index (χ2n) is 11.2. The minimum absolute atomic E-state index is 0.0419. The fourth-order valence-corrected chi connectivity index (χ4v) is 7.20. The third kappa shape index (κ3) is 3.44. The van der Waals surface area contributed by atoms with Crippen molar-refractivity contribution in [2.45, 2.75) is 45.0 Å². The van der Waals surface area contributed by atoms with Gasteiger partial charge in [0.25, 0.3) is 5.91 Å². The van der Waals surface area contributed by atoms with Crippen molar-refractivity contribution in [1.82, 2.24) is 19.9 Å². The van der Waals surface area contributed by atoms with Crippen LogP contribution >= 0.6 is 11.3 Å². The molecule has 4 heterocycles. The van der Waals surface area contributed by atoms with Gasteiger partial charge in [-0.15, -0.1) is 11.3 Å². The zero-order chi connectivity index (χ0) is 27.2. The molecule has 2 N–H and O–H groups in total. The highest BCUT2D eigenvalue weighted by molar-refractivity contribution is 7.13. The van der Waals surface area contributed by atoms with Crippen LogP contribution in [-0.2, 0) is 4.79 Å². The summed E-state index contributed by atoms with van der Waals surface area (Å²) >= 11 is 1.36. The van der Waals surface area contributed by atoms with Gasteiger partial charge < -0.3 is 15.1 Å². The molecule has 3 aliphatic heterocycles. The lowest BCUT2D eigenvalue weighted by Crippen LogP contribution is -2.67. The Labute approximate surface area is 227 Å². The molecule has 10 heteroatoms.